The number of nitrogens with zero attached hydrogens (tertiary/aromatic N) is 3. The summed E-state index contributed by atoms with van der Waals surface area (Å²) < 4.78 is 15.1. The lowest BCUT2D eigenvalue weighted by atomic mass is 10.1. The van der Waals surface area contributed by atoms with Crippen LogP contribution < -0.4 is 16.0 Å². The Morgan fingerprint density at radius 1 is 1.10 bits per heavy atom. The quantitative estimate of drug-likeness (QED) is 0.433. The molecule has 1 amide bonds. The Morgan fingerprint density at radius 2 is 1.90 bits per heavy atom. The summed E-state index contributed by atoms with van der Waals surface area (Å²) in [6, 6.07) is 15.8. The maximum Gasteiger partial charge on any atom is 0.243 e. The molecule has 156 valence electrons. The van der Waals surface area contributed by atoms with Crippen LogP contribution in [0.5, 0.6) is 0 Å². The Labute approximate surface area is 175 Å². The molecule has 0 bridgehead atoms. The van der Waals surface area contributed by atoms with E-state index in [9.17, 15) is 9.18 Å². The number of nitrogens with one attached hydrogen (secondary N) is 3. The predicted octanol–water partition coefficient (Wildman–Crippen LogP) is 2.93. The van der Waals surface area contributed by atoms with Gasteiger partial charge in [0.25, 0.3) is 0 Å². The molecular formula is C22H25FN6O. The van der Waals surface area contributed by atoms with Crippen molar-refractivity contribution < 1.29 is 9.18 Å². The number of halogens is 1. The lowest BCUT2D eigenvalue weighted by Crippen LogP contribution is -2.41. The minimum Gasteiger partial charge on any atom is -0.352 e. The zero-order chi connectivity index (χ0) is 21.5. The van der Waals surface area contributed by atoms with Gasteiger partial charge in [-0.25, -0.2) is 9.07 Å². The molecule has 1 heterocycles. The molecule has 3 aromatic rings. The number of aliphatic imine (C=N–C) groups is 1. The Bertz CT molecular complexity index is 1060. The molecule has 0 saturated heterocycles. The highest BCUT2D eigenvalue weighted by Crippen LogP contribution is 2.16. The molecule has 0 aliphatic heterocycles. The van der Waals surface area contributed by atoms with Gasteiger partial charge in [-0.15, -0.1) is 0 Å². The molecule has 0 atom stereocenters. The van der Waals surface area contributed by atoms with Crippen LogP contribution in [0.15, 0.2) is 59.6 Å². The lowest BCUT2D eigenvalue weighted by Gasteiger charge is -2.15. The highest BCUT2D eigenvalue weighted by Gasteiger charge is 2.10. The monoisotopic (exact) mass is 408 g/mol. The van der Waals surface area contributed by atoms with Gasteiger partial charge in [0.1, 0.15) is 5.82 Å². The van der Waals surface area contributed by atoms with Crippen LogP contribution in [0.25, 0.3) is 5.69 Å². The molecule has 0 saturated carbocycles. The molecule has 3 rings (SSSR count). The summed E-state index contributed by atoms with van der Waals surface area (Å²) in [6.45, 7) is 4.47. The fourth-order valence-corrected chi connectivity index (χ4v) is 3.07. The number of carbonyl (C=O) groups is 1. The number of rotatable bonds is 6. The lowest BCUT2D eigenvalue weighted by molar-refractivity contribution is -0.115. The second-order valence-electron chi connectivity index (χ2n) is 6.81. The summed E-state index contributed by atoms with van der Waals surface area (Å²) in [5.74, 6) is -0.223. The summed E-state index contributed by atoms with van der Waals surface area (Å²) in [7, 11) is 1.63. The van der Waals surface area contributed by atoms with Crippen molar-refractivity contribution in [2.24, 2.45) is 4.99 Å². The Balaban J connectivity index is 1.59. The van der Waals surface area contributed by atoms with Crippen LogP contribution in [0.3, 0.4) is 0 Å². The predicted molar refractivity (Wildman–Crippen MR) is 116 cm³/mol. The zero-order valence-electron chi connectivity index (χ0n) is 17.2. The maximum absolute atomic E-state index is 13.2. The highest BCUT2D eigenvalue weighted by molar-refractivity contribution is 5.94. The number of para-hydroxylation sites is 1. The second-order valence-corrected chi connectivity index (χ2v) is 6.81. The third-order valence-corrected chi connectivity index (χ3v) is 4.42. The first kappa shape index (κ1) is 21.0. The van der Waals surface area contributed by atoms with Crippen molar-refractivity contribution >= 4 is 17.6 Å². The van der Waals surface area contributed by atoms with Crippen molar-refractivity contribution in [3.05, 3.63) is 77.4 Å². The van der Waals surface area contributed by atoms with E-state index in [1.54, 1.807) is 19.2 Å². The van der Waals surface area contributed by atoms with E-state index in [0.29, 0.717) is 18.2 Å². The van der Waals surface area contributed by atoms with E-state index >= 15 is 0 Å². The van der Waals surface area contributed by atoms with Gasteiger partial charge < -0.3 is 16.0 Å². The van der Waals surface area contributed by atoms with E-state index in [1.807, 2.05) is 48.9 Å². The summed E-state index contributed by atoms with van der Waals surface area (Å²) >= 11 is 0. The van der Waals surface area contributed by atoms with Crippen molar-refractivity contribution in [3.63, 3.8) is 0 Å². The van der Waals surface area contributed by atoms with Gasteiger partial charge in [0.2, 0.25) is 5.91 Å². The molecule has 0 spiro atoms. The smallest absolute Gasteiger partial charge is 0.243 e. The van der Waals surface area contributed by atoms with E-state index in [0.717, 1.165) is 22.6 Å². The summed E-state index contributed by atoms with van der Waals surface area (Å²) in [5.41, 5.74) is 4.43. The first-order valence-corrected chi connectivity index (χ1v) is 9.58. The molecule has 0 aliphatic carbocycles. The van der Waals surface area contributed by atoms with Crippen LogP contribution in [-0.4, -0.2) is 35.2 Å². The highest BCUT2D eigenvalue weighted by atomic mass is 19.1. The first-order valence-electron chi connectivity index (χ1n) is 9.58. The first-order chi connectivity index (χ1) is 14.5. The summed E-state index contributed by atoms with van der Waals surface area (Å²) in [4.78, 5) is 16.3. The van der Waals surface area contributed by atoms with Gasteiger partial charge >= 0.3 is 0 Å². The number of hydrogen-bond donors (Lipinski definition) is 3. The van der Waals surface area contributed by atoms with Gasteiger partial charge in [0.05, 0.1) is 17.9 Å². The number of anilines is 1. The number of aromatic nitrogens is 2. The second kappa shape index (κ2) is 9.69. The van der Waals surface area contributed by atoms with E-state index in [2.05, 4.69) is 26.0 Å². The average Bonchev–Trinajstić information content (AvgIpc) is 3.06. The largest absolute Gasteiger partial charge is 0.352 e. The third-order valence-electron chi connectivity index (χ3n) is 4.42. The Kier molecular flexibility index (Phi) is 6.79. The number of carbonyl (C=O) groups excluding carboxylic acids is 1. The molecule has 30 heavy (non-hydrogen) atoms. The van der Waals surface area contributed by atoms with Gasteiger partial charge in [0, 0.05) is 25.0 Å². The average molecular weight is 408 g/mol. The Hall–Kier alpha value is -3.68. The zero-order valence-corrected chi connectivity index (χ0v) is 17.2. The minimum absolute atomic E-state index is 0.00467. The van der Waals surface area contributed by atoms with Crippen molar-refractivity contribution in [1.29, 1.82) is 0 Å². The molecule has 8 heteroatoms. The van der Waals surface area contributed by atoms with Crippen LogP contribution in [0.1, 0.15) is 17.0 Å². The molecule has 0 aliphatic rings. The van der Waals surface area contributed by atoms with Crippen molar-refractivity contribution in [1.82, 2.24) is 20.4 Å². The molecule has 2 aromatic carbocycles. The van der Waals surface area contributed by atoms with E-state index in [-0.39, 0.29) is 12.5 Å². The SMILES string of the molecule is CN=C(NCC(=O)Nc1cccc(F)c1)NCc1ccccc1-n1nc(C)cc1C. The van der Waals surface area contributed by atoms with Crippen LogP contribution >= 0.6 is 0 Å². The molecule has 7 nitrogen and oxygen atoms in total. The fourth-order valence-electron chi connectivity index (χ4n) is 3.07. The summed E-state index contributed by atoms with van der Waals surface area (Å²) in [6.07, 6.45) is 0. The molecule has 1 aromatic heterocycles. The fraction of sp³-hybridized carbons (Fsp3) is 0.227. The topological polar surface area (TPSA) is 83.3 Å². The van der Waals surface area contributed by atoms with Crippen LogP contribution in [-0.2, 0) is 11.3 Å². The molecule has 0 fully saturated rings. The summed E-state index contributed by atoms with van der Waals surface area (Å²) in [5, 5.41) is 13.4. The van der Waals surface area contributed by atoms with Gasteiger partial charge in [-0.05, 0) is 49.7 Å². The Morgan fingerprint density at radius 3 is 2.60 bits per heavy atom. The van der Waals surface area contributed by atoms with Crippen LogP contribution in [0, 0.1) is 19.7 Å². The van der Waals surface area contributed by atoms with E-state index in [4.69, 9.17) is 0 Å². The molecule has 0 radical (unpaired) electrons. The third kappa shape index (κ3) is 5.44. The van der Waals surface area contributed by atoms with Crippen molar-refractivity contribution in [3.8, 4) is 5.69 Å². The van der Waals surface area contributed by atoms with Gasteiger partial charge in [-0.2, -0.15) is 5.10 Å². The molecular weight excluding hydrogens is 383 g/mol. The molecule has 3 N–H and O–H groups in total. The van der Waals surface area contributed by atoms with Gasteiger partial charge in [-0.1, -0.05) is 24.3 Å². The van der Waals surface area contributed by atoms with Crippen LogP contribution in [0.4, 0.5) is 10.1 Å². The normalized spacial score (nSPS) is 11.3. The maximum atomic E-state index is 13.2. The standard InChI is InChI=1S/C22H25FN6O/c1-15-11-16(2)29(28-15)20-10-5-4-7-17(20)13-25-22(24-3)26-14-21(30)27-19-9-6-8-18(23)12-19/h4-12H,13-14H2,1-3H3,(H,27,30)(H2,24,25,26). The van der Waals surface area contributed by atoms with E-state index < -0.39 is 5.82 Å². The number of benzene rings is 2. The van der Waals surface area contributed by atoms with Crippen molar-refractivity contribution in [2.75, 3.05) is 18.9 Å². The van der Waals surface area contributed by atoms with Gasteiger partial charge in [-0.3, -0.25) is 9.79 Å². The van der Waals surface area contributed by atoms with E-state index in [1.165, 1.54) is 12.1 Å². The van der Waals surface area contributed by atoms with Gasteiger partial charge in [0.15, 0.2) is 5.96 Å². The number of hydrogen-bond acceptors (Lipinski definition) is 3. The number of guanidine groups is 1. The van der Waals surface area contributed by atoms with Crippen molar-refractivity contribution in [2.45, 2.75) is 20.4 Å². The van der Waals surface area contributed by atoms with Crippen LogP contribution in [0.2, 0.25) is 0 Å². The number of aryl methyl sites for hydroxylation is 2. The number of amides is 1. The molecule has 0 unspecified atom stereocenters. The minimum atomic E-state index is -0.403.